The molecule has 0 aromatic carbocycles. The topological polar surface area (TPSA) is 43.8 Å². The molecule has 0 aromatic rings. The van der Waals surface area contributed by atoms with E-state index >= 15 is 0 Å². The molecule has 0 bridgehead atoms. The Morgan fingerprint density at radius 1 is 1.28 bits per heavy atom. The summed E-state index contributed by atoms with van der Waals surface area (Å²) in [5.74, 6) is -0.628. The molecule has 0 aromatic heterocycles. The van der Waals surface area contributed by atoms with Gasteiger partial charge < -0.3 is 10.0 Å². The number of nitrogens with zero attached hydrogens (tertiary/aromatic N) is 2. The van der Waals surface area contributed by atoms with Crippen LogP contribution in [0.5, 0.6) is 0 Å². The van der Waals surface area contributed by atoms with E-state index in [0.29, 0.717) is 12.1 Å². The zero-order valence-electron chi connectivity index (χ0n) is 11.6. The highest BCUT2D eigenvalue weighted by molar-refractivity contribution is 5.73. The summed E-state index contributed by atoms with van der Waals surface area (Å²) in [6, 6.07) is 0.943. The molecular formula is C14H26N2O2. The molecule has 4 nitrogen and oxygen atoms in total. The summed E-state index contributed by atoms with van der Waals surface area (Å²) in [4.78, 5) is 16.0. The van der Waals surface area contributed by atoms with Crippen LogP contribution in [0.25, 0.3) is 0 Å². The summed E-state index contributed by atoms with van der Waals surface area (Å²) in [6.45, 7) is 7.75. The van der Waals surface area contributed by atoms with E-state index in [1.807, 2.05) is 0 Å². The predicted molar refractivity (Wildman–Crippen MR) is 71.7 cm³/mol. The third-order valence-electron chi connectivity index (χ3n) is 4.76. The molecule has 18 heavy (non-hydrogen) atoms. The van der Waals surface area contributed by atoms with Gasteiger partial charge >= 0.3 is 5.97 Å². The molecule has 2 heterocycles. The van der Waals surface area contributed by atoms with E-state index in [0.717, 1.165) is 45.3 Å². The van der Waals surface area contributed by atoms with Crippen molar-refractivity contribution in [1.82, 2.24) is 9.80 Å². The van der Waals surface area contributed by atoms with Gasteiger partial charge in [-0.3, -0.25) is 9.69 Å². The van der Waals surface area contributed by atoms with Crippen LogP contribution in [0.2, 0.25) is 0 Å². The Hall–Kier alpha value is -0.610. The third kappa shape index (κ3) is 2.86. The van der Waals surface area contributed by atoms with Crippen LogP contribution >= 0.6 is 0 Å². The molecule has 0 saturated carbocycles. The van der Waals surface area contributed by atoms with Crippen LogP contribution in [-0.2, 0) is 4.79 Å². The largest absolute Gasteiger partial charge is 0.480 e. The van der Waals surface area contributed by atoms with Crippen molar-refractivity contribution in [2.45, 2.75) is 64.1 Å². The van der Waals surface area contributed by atoms with Crippen molar-refractivity contribution in [3.63, 3.8) is 0 Å². The quantitative estimate of drug-likeness (QED) is 0.831. The van der Waals surface area contributed by atoms with Gasteiger partial charge in [0.1, 0.15) is 6.04 Å². The highest BCUT2D eigenvalue weighted by Crippen LogP contribution is 2.26. The van der Waals surface area contributed by atoms with E-state index in [1.165, 1.54) is 6.42 Å². The fourth-order valence-electron chi connectivity index (χ4n) is 3.41. The number of carbonyl (C=O) groups is 1. The molecule has 2 unspecified atom stereocenters. The van der Waals surface area contributed by atoms with Crippen molar-refractivity contribution >= 4 is 5.97 Å². The highest BCUT2D eigenvalue weighted by Gasteiger charge is 2.36. The van der Waals surface area contributed by atoms with Gasteiger partial charge in [0.05, 0.1) is 0 Å². The Labute approximate surface area is 110 Å². The molecule has 104 valence electrons. The number of hydrogen-bond acceptors (Lipinski definition) is 3. The van der Waals surface area contributed by atoms with E-state index in [4.69, 9.17) is 0 Å². The lowest BCUT2D eigenvalue weighted by atomic mass is 10.0. The standard InChI is InChI=1S/C14H26N2O2/c1-3-11(2)15-9-6-12(7-10-15)16-8-4-5-13(16)14(17)18/h11-13H,3-10H2,1-2H3,(H,17,18). The zero-order chi connectivity index (χ0) is 13.1. The Balaban J connectivity index is 1.87. The molecule has 2 aliphatic heterocycles. The lowest BCUT2D eigenvalue weighted by Crippen LogP contribution is -2.50. The minimum absolute atomic E-state index is 0.217. The Morgan fingerprint density at radius 3 is 2.50 bits per heavy atom. The molecule has 2 atom stereocenters. The normalized spacial score (nSPS) is 29.6. The minimum Gasteiger partial charge on any atom is -0.480 e. The SMILES string of the molecule is CCC(C)N1CCC(N2CCCC2C(=O)O)CC1. The van der Waals surface area contributed by atoms with Crippen LogP contribution in [0.1, 0.15) is 46.0 Å². The summed E-state index contributed by atoms with van der Waals surface area (Å²) >= 11 is 0. The molecule has 0 spiro atoms. The average Bonchev–Trinajstić information content (AvgIpc) is 2.87. The Morgan fingerprint density at radius 2 is 1.94 bits per heavy atom. The number of aliphatic carboxylic acids is 1. The predicted octanol–water partition coefficient (Wildman–Crippen LogP) is 1.80. The van der Waals surface area contributed by atoms with Gasteiger partial charge in [-0.2, -0.15) is 0 Å². The van der Waals surface area contributed by atoms with Gasteiger partial charge in [-0.25, -0.2) is 0 Å². The third-order valence-corrected chi connectivity index (χ3v) is 4.76. The lowest BCUT2D eigenvalue weighted by molar-refractivity contribution is -0.143. The van der Waals surface area contributed by atoms with Gasteiger partial charge in [-0.15, -0.1) is 0 Å². The first-order chi connectivity index (χ1) is 8.63. The van der Waals surface area contributed by atoms with Gasteiger partial charge in [0, 0.05) is 12.1 Å². The van der Waals surface area contributed by atoms with Crippen molar-refractivity contribution < 1.29 is 9.90 Å². The van der Waals surface area contributed by atoms with Crippen molar-refractivity contribution in [2.24, 2.45) is 0 Å². The van der Waals surface area contributed by atoms with Gasteiger partial charge in [0.25, 0.3) is 0 Å². The van der Waals surface area contributed by atoms with E-state index in [9.17, 15) is 9.90 Å². The van der Waals surface area contributed by atoms with Crippen molar-refractivity contribution in [3.05, 3.63) is 0 Å². The van der Waals surface area contributed by atoms with Gasteiger partial charge in [-0.05, 0) is 58.7 Å². The van der Waals surface area contributed by atoms with Crippen LogP contribution in [0.3, 0.4) is 0 Å². The molecule has 0 radical (unpaired) electrons. The summed E-state index contributed by atoms with van der Waals surface area (Å²) < 4.78 is 0. The van der Waals surface area contributed by atoms with E-state index in [-0.39, 0.29) is 6.04 Å². The number of carboxylic acid groups (broad SMARTS) is 1. The van der Waals surface area contributed by atoms with E-state index in [1.54, 1.807) is 0 Å². The zero-order valence-corrected chi connectivity index (χ0v) is 11.6. The number of hydrogen-bond donors (Lipinski definition) is 1. The molecule has 4 heteroatoms. The van der Waals surface area contributed by atoms with Crippen LogP contribution in [0, 0.1) is 0 Å². The summed E-state index contributed by atoms with van der Waals surface area (Å²) in [5.41, 5.74) is 0. The second kappa shape index (κ2) is 6.02. The second-order valence-corrected chi connectivity index (χ2v) is 5.76. The van der Waals surface area contributed by atoms with Crippen LogP contribution in [0.4, 0.5) is 0 Å². The van der Waals surface area contributed by atoms with Crippen LogP contribution < -0.4 is 0 Å². The Bertz CT molecular complexity index is 288. The van der Waals surface area contributed by atoms with Crippen LogP contribution in [-0.4, -0.2) is 58.6 Å². The van der Waals surface area contributed by atoms with Crippen molar-refractivity contribution in [1.29, 1.82) is 0 Å². The van der Waals surface area contributed by atoms with Crippen molar-refractivity contribution in [2.75, 3.05) is 19.6 Å². The van der Waals surface area contributed by atoms with Crippen LogP contribution in [0.15, 0.2) is 0 Å². The molecule has 2 rings (SSSR count). The summed E-state index contributed by atoms with van der Waals surface area (Å²) in [5, 5.41) is 9.24. The number of piperidine rings is 1. The molecule has 2 fully saturated rings. The molecule has 2 saturated heterocycles. The maximum atomic E-state index is 11.2. The average molecular weight is 254 g/mol. The molecule has 0 amide bonds. The number of likely N-dealkylation sites (tertiary alicyclic amines) is 2. The Kier molecular flexibility index (Phi) is 4.62. The number of rotatable bonds is 4. The van der Waals surface area contributed by atoms with E-state index in [2.05, 4.69) is 23.6 Å². The molecule has 2 aliphatic rings. The maximum absolute atomic E-state index is 11.2. The van der Waals surface area contributed by atoms with Crippen molar-refractivity contribution in [3.8, 4) is 0 Å². The fraction of sp³-hybridized carbons (Fsp3) is 0.929. The van der Waals surface area contributed by atoms with Gasteiger partial charge in [0.2, 0.25) is 0 Å². The first kappa shape index (κ1) is 13.8. The smallest absolute Gasteiger partial charge is 0.320 e. The monoisotopic (exact) mass is 254 g/mol. The molecular weight excluding hydrogens is 228 g/mol. The number of carboxylic acids is 1. The highest BCUT2D eigenvalue weighted by atomic mass is 16.4. The van der Waals surface area contributed by atoms with Gasteiger partial charge in [-0.1, -0.05) is 6.92 Å². The first-order valence-corrected chi connectivity index (χ1v) is 7.36. The summed E-state index contributed by atoms with van der Waals surface area (Å²) in [6.07, 6.45) is 5.35. The fourth-order valence-corrected chi connectivity index (χ4v) is 3.41. The maximum Gasteiger partial charge on any atom is 0.320 e. The second-order valence-electron chi connectivity index (χ2n) is 5.76. The molecule has 1 N–H and O–H groups in total. The minimum atomic E-state index is -0.628. The molecule has 0 aliphatic carbocycles. The first-order valence-electron chi connectivity index (χ1n) is 7.36. The lowest BCUT2D eigenvalue weighted by Gasteiger charge is -2.40. The van der Waals surface area contributed by atoms with E-state index < -0.39 is 5.97 Å². The summed E-state index contributed by atoms with van der Waals surface area (Å²) in [7, 11) is 0. The van der Waals surface area contributed by atoms with Gasteiger partial charge in [0.15, 0.2) is 0 Å².